The van der Waals surface area contributed by atoms with E-state index < -0.39 is 0 Å². The zero-order chi connectivity index (χ0) is 17.7. The van der Waals surface area contributed by atoms with Gasteiger partial charge in [0.25, 0.3) is 5.91 Å². The second-order valence-electron chi connectivity index (χ2n) is 8.24. The average molecular weight is 378 g/mol. The number of rotatable bonds is 3. The Labute approximate surface area is 158 Å². The van der Waals surface area contributed by atoms with Crippen LogP contribution >= 0.6 is 11.3 Å². The van der Waals surface area contributed by atoms with Gasteiger partial charge < -0.3 is 20.1 Å². The Bertz CT molecular complexity index is 661. The van der Waals surface area contributed by atoms with E-state index in [1.807, 2.05) is 22.4 Å². The van der Waals surface area contributed by atoms with Crippen LogP contribution in [-0.2, 0) is 4.74 Å². The molecule has 26 heavy (non-hydrogen) atoms. The number of carbonyl (C=O) groups excluding carboxylic acids is 1. The molecule has 1 amide bonds. The predicted octanol–water partition coefficient (Wildman–Crippen LogP) is 0.634. The van der Waals surface area contributed by atoms with Gasteiger partial charge >= 0.3 is 0 Å². The van der Waals surface area contributed by atoms with Gasteiger partial charge in [-0.2, -0.15) is 0 Å². The number of carbonyl (C=O) groups is 1. The smallest absolute Gasteiger partial charge is 0.263 e. The van der Waals surface area contributed by atoms with Crippen molar-refractivity contribution in [1.29, 1.82) is 0 Å². The normalized spacial score (nSPS) is 37.9. The van der Waals surface area contributed by atoms with Gasteiger partial charge in [-0.05, 0) is 24.3 Å². The third-order valence-electron chi connectivity index (χ3n) is 6.94. The molecule has 4 atom stereocenters. The minimum absolute atomic E-state index is 0.111. The highest BCUT2D eigenvalue weighted by Crippen LogP contribution is 2.48. The third-order valence-corrected chi connectivity index (χ3v) is 7.80. The molecule has 1 aromatic heterocycles. The number of morpholine rings is 1. The molecule has 1 spiro atoms. The number of nitrogens with zero attached hydrogens (tertiary/aromatic N) is 2. The maximum Gasteiger partial charge on any atom is 0.263 e. The highest BCUT2D eigenvalue weighted by molar-refractivity contribution is 7.12. The van der Waals surface area contributed by atoms with Crippen LogP contribution in [0.1, 0.15) is 22.5 Å². The number of aliphatic hydroxyl groups excluding tert-OH is 1. The molecular weight excluding hydrogens is 350 g/mol. The molecule has 1 aromatic rings. The maximum atomic E-state index is 12.5. The second-order valence-corrected chi connectivity index (χ2v) is 9.18. The summed E-state index contributed by atoms with van der Waals surface area (Å²) in [4.78, 5) is 18.0. The number of piperidine rings is 1. The summed E-state index contributed by atoms with van der Waals surface area (Å²) < 4.78 is 6.41. The Hall–Kier alpha value is -0.990. The summed E-state index contributed by atoms with van der Waals surface area (Å²) in [5, 5.41) is 15.4. The number of thiophene rings is 1. The summed E-state index contributed by atoms with van der Waals surface area (Å²) >= 11 is 1.52. The minimum atomic E-state index is -0.111. The van der Waals surface area contributed by atoms with Gasteiger partial charge in [0.05, 0.1) is 16.6 Å². The molecule has 4 aliphatic rings. The number of hydrogen-bond donors (Lipinski definition) is 2. The van der Waals surface area contributed by atoms with Gasteiger partial charge in [-0.1, -0.05) is 6.07 Å². The molecular formula is C19H27N3O3S. The Kier molecular flexibility index (Phi) is 4.32. The van der Waals surface area contributed by atoms with E-state index in [4.69, 9.17) is 4.74 Å². The van der Waals surface area contributed by atoms with Crippen LogP contribution in [0, 0.1) is 11.8 Å². The van der Waals surface area contributed by atoms with E-state index in [0.29, 0.717) is 12.0 Å². The lowest BCUT2D eigenvalue weighted by molar-refractivity contribution is -0.0776. The molecule has 0 aromatic carbocycles. The van der Waals surface area contributed by atoms with E-state index in [-0.39, 0.29) is 30.1 Å². The quantitative estimate of drug-likeness (QED) is 0.809. The first-order chi connectivity index (χ1) is 12.7. The minimum Gasteiger partial charge on any atom is -0.396 e. The Balaban J connectivity index is 1.23. The average Bonchev–Trinajstić information content (AvgIpc) is 3.35. The van der Waals surface area contributed by atoms with Crippen LogP contribution in [0.25, 0.3) is 0 Å². The van der Waals surface area contributed by atoms with Gasteiger partial charge in [-0.3, -0.25) is 9.69 Å². The monoisotopic (exact) mass is 377 g/mol. The van der Waals surface area contributed by atoms with Crippen LogP contribution in [0.2, 0.25) is 0 Å². The van der Waals surface area contributed by atoms with Crippen LogP contribution in [0.15, 0.2) is 17.5 Å². The lowest BCUT2D eigenvalue weighted by Gasteiger charge is -2.39. The van der Waals surface area contributed by atoms with Crippen LogP contribution in [0.3, 0.4) is 0 Å². The molecule has 7 heteroatoms. The molecule has 6 nitrogen and oxygen atoms in total. The molecule has 2 bridgehead atoms. The van der Waals surface area contributed by atoms with Gasteiger partial charge in [-0.25, -0.2) is 0 Å². The molecule has 0 saturated carbocycles. The molecule has 142 valence electrons. The fourth-order valence-electron chi connectivity index (χ4n) is 5.60. The Morgan fingerprint density at radius 2 is 2.27 bits per heavy atom. The van der Waals surface area contributed by atoms with Crippen LogP contribution in [0.4, 0.5) is 0 Å². The van der Waals surface area contributed by atoms with Crippen molar-refractivity contribution in [2.75, 3.05) is 45.9 Å². The largest absolute Gasteiger partial charge is 0.396 e. The number of likely N-dealkylation sites (tertiary alicyclic amines) is 2. The summed E-state index contributed by atoms with van der Waals surface area (Å²) in [6, 6.07) is 4.38. The highest BCUT2D eigenvalue weighted by Gasteiger charge is 2.61. The van der Waals surface area contributed by atoms with Crippen molar-refractivity contribution in [3.05, 3.63) is 22.4 Å². The molecule has 5 heterocycles. The zero-order valence-corrected chi connectivity index (χ0v) is 15.8. The molecule has 4 saturated heterocycles. The van der Waals surface area contributed by atoms with Crippen LogP contribution in [-0.4, -0.2) is 84.4 Å². The number of aliphatic hydroxyl groups is 1. The van der Waals surface area contributed by atoms with Gasteiger partial charge in [0.2, 0.25) is 0 Å². The van der Waals surface area contributed by atoms with E-state index in [1.54, 1.807) is 0 Å². The fraction of sp³-hybridized carbons (Fsp3) is 0.737. The Morgan fingerprint density at radius 3 is 3.00 bits per heavy atom. The summed E-state index contributed by atoms with van der Waals surface area (Å²) in [5.74, 6) is 0.868. The molecule has 4 fully saturated rings. The van der Waals surface area contributed by atoms with Crippen molar-refractivity contribution in [3.63, 3.8) is 0 Å². The number of fused-ring (bicyclic) bond motifs is 1. The molecule has 2 N–H and O–H groups in total. The maximum absolute atomic E-state index is 12.5. The third kappa shape index (κ3) is 2.64. The lowest BCUT2D eigenvalue weighted by Crippen LogP contribution is -2.53. The van der Waals surface area contributed by atoms with Gasteiger partial charge in [0, 0.05) is 63.8 Å². The number of hydrogen-bond acceptors (Lipinski definition) is 6. The van der Waals surface area contributed by atoms with Gasteiger partial charge in [0.1, 0.15) is 0 Å². The lowest BCUT2D eigenvalue weighted by atomic mass is 9.83. The van der Waals surface area contributed by atoms with Gasteiger partial charge in [0.15, 0.2) is 0 Å². The molecule has 4 aliphatic heterocycles. The van der Waals surface area contributed by atoms with E-state index in [1.165, 1.54) is 11.3 Å². The fourth-order valence-corrected chi connectivity index (χ4v) is 6.29. The molecule has 0 unspecified atom stereocenters. The van der Waals surface area contributed by atoms with E-state index in [2.05, 4.69) is 10.2 Å². The number of ether oxygens (including phenoxy) is 1. The number of nitrogens with one attached hydrogen (secondary N) is 1. The second kappa shape index (κ2) is 6.56. The van der Waals surface area contributed by atoms with E-state index >= 15 is 0 Å². The van der Waals surface area contributed by atoms with Crippen molar-refractivity contribution >= 4 is 17.2 Å². The standard InChI is InChI=1S/C19H27N3O3S/c23-10-14-15-9-22(12-19(15)11-20-8-16(14)25-19)13-3-5-21(6-4-13)18(24)17-2-1-7-26-17/h1-2,7,13-16,20,23H,3-6,8-12H2/t14-,15+,16+,19+/m0/s1. The topological polar surface area (TPSA) is 65.0 Å². The molecule has 0 aliphatic carbocycles. The summed E-state index contributed by atoms with van der Waals surface area (Å²) in [6.07, 6.45) is 2.23. The van der Waals surface area contributed by atoms with Crippen molar-refractivity contribution in [1.82, 2.24) is 15.1 Å². The van der Waals surface area contributed by atoms with Crippen molar-refractivity contribution < 1.29 is 14.6 Å². The SMILES string of the molecule is O=C(c1cccs1)N1CCC(N2C[C@@H]3[C@H](CO)[C@H]4CNC[C@]3(C2)O4)CC1. The van der Waals surface area contributed by atoms with Crippen LogP contribution in [0.5, 0.6) is 0 Å². The molecule has 0 radical (unpaired) electrons. The van der Waals surface area contributed by atoms with E-state index in [9.17, 15) is 9.90 Å². The first-order valence-corrected chi connectivity index (χ1v) is 10.6. The van der Waals surface area contributed by atoms with Crippen molar-refractivity contribution in [2.45, 2.75) is 30.6 Å². The van der Waals surface area contributed by atoms with Crippen LogP contribution < -0.4 is 5.32 Å². The van der Waals surface area contributed by atoms with Crippen molar-refractivity contribution in [2.24, 2.45) is 11.8 Å². The first kappa shape index (κ1) is 17.1. The van der Waals surface area contributed by atoms with E-state index in [0.717, 1.165) is 57.0 Å². The predicted molar refractivity (Wildman–Crippen MR) is 99.4 cm³/mol. The summed E-state index contributed by atoms with van der Waals surface area (Å²) in [7, 11) is 0. The van der Waals surface area contributed by atoms with Crippen molar-refractivity contribution in [3.8, 4) is 0 Å². The highest BCUT2D eigenvalue weighted by atomic mass is 32.1. The summed E-state index contributed by atoms with van der Waals surface area (Å²) in [5.41, 5.74) is -0.111. The molecule has 5 rings (SSSR count). The zero-order valence-electron chi connectivity index (χ0n) is 15.0. The number of amides is 1. The van der Waals surface area contributed by atoms with Gasteiger partial charge in [-0.15, -0.1) is 11.3 Å². The summed E-state index contributed by atoms with van der Waals surface area (Å²) in [6.45, 7) is 5.64. The Morgan fingerprint density at radius 1 is 1.42 bits per heavy atom. The first-order valence-electron chi connectivity index (χ1n) is 9.76.